The fourth-order valence-electron chi connectivity index (χ4n) is 2.58. The molecule has 5 heteroatoms. The molecule has 3 heterocycles. The van der Waals surface area contributed by atoms with Gasteiger partial charge in [0.2, 0.25) is 0 Å². The molecule has 1 unspecified atom stereocenters. The zero-order chi connectivity index (χ0) is 15.0. The summed E-state index contributed by atoms with van der Waals surface area (Å²) in [4.78, 5) is 10.6. The predicted molar refractivity (Wildman–Crippen MR) is 89.3 cm³/mol. The Morgan fingerprint density at radius 2 is 2.19 bits per heavy atom. The molecule has 0 amide bonds. The van der Waals surface area contributed by atoms with Crippen LogP contribution in [0.25, 0.3) is 11.2 Å². The molecular weight excluding hydrogens is 302 g/mol. The van der Waals surface area contributed by atoms with Gasteiger partial charge in [-0.1, -0.05) is 6.92 Å². The average molecular weight is 320 g/mol. The third kappa shape index (κ3) is 2.58. The van der Waals surface area contributed by atoms with Crippen LogP contribution in [-0.4, -0.2) is 14.5 Å². The number of hydrogen-bond acceptors (Lipinski definition) is 3. The predicted octanol–water partition coefficient (Wildman–Crippen LogP) is 4.71. The maximum atomic E-state index is 6.34. The van der Waals surface area contributed by atoms with E-state index in [-0.39, 0.29) is 5.38 Å². The molecule has 0 aliphatic carbocycles. The van der Waals surface area contributed by atoms with Gasteiger partial charge in [0.1, 0.15) is 11.3 Å². The number of nitrogens with zero attached hydrogens (tertiary/aromatic N) is 3. The van der Waals surface area contributed by atoms with Crippen LogP contribution in [0.4, 0.5) is 0 Å². The Labute approximate surface area is 133 Å². The van der Waals surface area contributed by atoms with Gasteiger partial charge >= 0.3 is 0 Å². The van der Waals surface area contributed by atoms with E-state index in [1.807, 2.05) is 19.2 Å². The highest BCUT2D eigenvalue weighted by atomic mass is 35.5. The van der Waals surface area contributed by atoms with E-state index in [0.29, 0.717) is 0 Å². The van der Waals surface area contributed by atoms with Crippen LogP contribution in [0, 0.1) is 6.92 Å². The van der Waals surface area contributed by atoms with Gasteiger partial charge in [-0.25, -0.2) is 9.97 Å². The van der Waals surface area contributed by atoms with Crippen molar-refractivity contribution in [1.29, 1.82) is 0 Å². The molecule has 0 aliphatic rings. The Bertz CT molecular complexity index is 773. The number of rotatable bonds is 4. The zero-order valence-electron chi connectivity index (χ0n) is 12.4. The number of hydrogen-bond donors (Lipinski definition) is 0. The lowest BCUT2D eigenvalue weighted by molar-refractivity contribution is 0.739. The Kier molecular flexibility index (Phi) is 4.00. The van der Waals surface area contributed by atoms with Crippen molar-refractivity contribution < 1.29 is 0 Å². The third-order valence-corrected chi connectivity index (χ3v) is 4.88. The van der Waals surface area contributed by atoms with Crippen molar-refractivity contribution in [2.24, 2.45) is 0 Å². The number of imidazole rings is 1. The van der Waals surface area contributed by atoms with Gasteiger partial charge in [0.15, 0.2) is 5.65 Å². The van der Waals surface area contributed by atoms with Crippen LogP contribution in [0.1, 0.15) is 41.1 Å². The van der Waals surface area contributed by atoms with Crippen LogP contribution in [0.15, 0.2) is 23.7 Å². The van der Waals surface area contributed by atoms with Crippen molar-refractivity contribution in [2.45, 2.75) is 39.1 Å². The first-order chi connectivity index (χ1) is 10.1. The van der Waals surface area contributed by atoms with Gasteiger partial charge in [0.05, 0.1) is 11.9 Å². The minimum Gasteiger partial charge on any atom is -0.306 e. The lowest BCUT2D eigenvalue weighted by atomic mass is 10.2. The first-order valence-corrected chi connectivity index (χ1v) is 8.44. The van der Waals surface area contributed by atoms with Crippen molar-refractivity contribution >= 4 is 34.1 Å². The molecule has 0 radical (unpaired) electrons. The van der Waals surface area contributed by atoms with E-state index >= 15 is 0 Å². The molecular formula is C16H18ClN3S. The number of alkyl halides is 1. The van der Waals surface area contributed by atoms with Gasteiger partial charge < -0.3 is 4.57 Å². The Morgan fingerprint density at radius 3 is 2.90 bits per heavy atom. The van der Waals surface area contributed by atoms with E-state index in [1.54, 1.807) is 11.3 Å². The molecule has 3 nitrogen and oxygen atoms in total. The topological polar surface area (TPSA) is 30.7 Å². The number of thiophene rings is 1. The van der Waals surface area contributed by atoms with Gasteiger partial charge in [0.25, 0.3) is 0 Å². The quantitative estimate of drug-likeness (QED) is 0.652. The summed E-state index contributed by atoms with van der Waals surface area (Å²) in [6.45, 7) is 7.00. The van der Waals surface area contributed by atoms with Gasteiger partial charge in [-0.3, -0.25) is 0 Å². The highest BCUT2D eigenvalue weighted by Crippen LogP contribution is 2.28. The summed E-state index contributed by atoms with van der Waals surface area (Å²) >= 11 is 8.12. The third-order valence-electron chi connectivity index (χ3n) is 3.74. The van der Waals surface area contributed by atoms with Crippen LogP contribution in [0.2, 0.25) is 0 Å². The largest absolute Gasteiger partial charge is 0.306 e. The molecule has 3 aromatic rings. The lowest BCUT2D eigenvalue weighted by Gasteiger charge is -2.10. The molecule has 3 aromatic heterocycles. The van der Waals surface area contributed by atoms with Crippen molar-refractivity contribution in [2.75, 3.05) is 0 Å². The number of aromatic nitrogens is 3. The molecule has 3 rings (SSSR count). The SMILES string of the molecule is CCc1ccsc1Cn1c(C(C)Cl)nc2c(C)ccnc21. The molecule has 0 N–H and O–H groups in total. The molecule has 0 saturated heterocycles. The van der Waals surface area contributed by atoms with Crippen LogP contribution in [0.3, 0.4) is 0 Å². The first kappa shape index (κ1) is 14.5. The summed E-state index contributed by atoms with van der Waals surface area (Å²) in [6.07, 6.45) is 2.89. The van der Waals surface area contributed by atoms with E-state index in [9.17, 15) is 0 Å². The second-order valence-electron chi connectivity index (χ2n) is 5.19. The van der Waals surface area contributed by atoms with Crippen molar-refractivity contribution in [1.82, 2.24) is 14.5 Å². The highest BCUT2D eigenvalue weighted by molar-refractivity contribution is 7.10. The number of pyridine rings is 1. The number of aryl methyl sites for hydroxylation is 2. The van der Waals surface area contributed by atoms with Gasteiger partial charge in [-0.05, 0) is 48.9 Å². The maximum absolute atomic E-state index is 6.34. The van der Waals surface area contributed by atoms with E-state index in [1.165, 1.54) is 10.4 Å². The standard InChI is InChI=1S/C16H18ClN3S/c1-4-12-6-8-21-13(12)9-20-15(11(3)17)19-14-10(2)5-7-18-16(14)20/h5-8,11H,4,9H2,1-3H3. The second-order valence-corrected chi connectivity index (χ2v) is 6.85. The van der Waals surface area contributed by atoms with Crippen LogP contribution in [0.5, 0.6) is 0 Å². The fraction of sp³-hybridized carbons (Fsp3) is 0.375. The highest BCUT2D eigenvalue weighted by Gasteiger charge is 2.18. The summed E-state index contributed by atoms with van der Waals surface area (Å²) in [5.41, 5.74) is 4.41. The maximum Gasteiger partial charge on any atom is 0.160 e. The van der Waals surface area contributed by atoms with Crippen LogP contribution >= 0.6 is 22.9 Å². The van der Waals surface area contributed by atoms with Crippen LogP contribution in [-0.2, 0) is 13.0 Å². The van der Waals surface area contributed by atoms with E-state index in [4.69, 9.17) is 16.6 Å². The molecule has 0 fully saturated rings. The van der Waals surface area contributed by atoms with Crippen LogP contribution < -0.4 is 0 Å². The summed E-state index contributed by atoms with van der Waals surface area (Å²) in [6, 6.07) is 4.19. The summed E-state index contributed by atoms with van der Waals surface area (Å²) in [7, 11) is 0. The smallest absolute Gasteiger partial charge is 0.160 e. The normalized spacial score (nSPS) is 13.0. The Hall–Kier alpha value is -1.39. The fourth-order valence-corrected chi connectivity index (χ4v) is 3.71. The van der Waals surface area contributed by atoms with Gasteiger partial charge in [-0.2, -0.15) is 0 Å². The lowest BCUT2D eigenvalue weighted by Crippen LogP contribution is -2.06. The number of halogens is 1. The molecule has 0 bridgehead atoms. The average Bonchev–Trinajstić information content (AvgIpc) is 3.05. The Balaban J connectivity index is 2.16. The van der Waals surface area contributed by atoms with Crippen molar-refractivity contribution in [3.05, 3.63) is 45.5 Å². The zero-order valence-corrected chi connectivity index (χ0v) is 14.0. The van der Waals surface area contributed by atoms with E-state index in [2.05, 4.69) is 34.8 Å². The molecule has 110 valence electrons. The molecule has 1 atom stereocenters. The number of fused-ring (bicyclic) bond motifs is 1. The minimum absolute atomic E-state index is 0.136. The Morgan fingerprint density at radius 1 is 1.38 bits per heavy atom. The molecule has 0 spiro atoms. The van der Waals surface area contributed by atoms with E-state index in [0.717, 1.165) is 35.5 Å². The van der Waals surface area contributed by atoms with Crippen molar-refractivity contribution in [3.63, 3.8) is 0 Å². The summed E-state index contributed by atoms with van der Waals surface area (Å²) < 4.78 is 2.16. The van der Waals surface area contributed by atoms with Gasteiger partial charge in [0, 0.05) is 11.1 Å². The first-order valence-electron chi connectivity index (χ1n) is 7.12. The monoisotopic (exact) mass is 319 g/mol. The summed E-state index contributed by atoms with van der Waals surface area (Å²) in [5.74, 6) is 0.893. The van der Waals surface area contributed by atoms with E-state index < -0.39 is 0 Å². The molecule has 21 heavy (non-hydrogen) atoms. The summed E-state index contributed by atoms with van der Waals surface area (Å²) in [5, 5.41) is 2.01. The second kappa shape index (κ2) is 5.78. The molecule has 0 aliphatic heterocycles. The molecule has 0 saturated carbocycles. The molecule has 0 aromatic carbocycles. The van der Waals surface area contributed by atoms with Gasteiger partial charge in [-0.15, -0.1) is 22.9 Å². The minimum atomic E-state index is -0.136. The van der Waals surface area contributed by atoms with Crippen molar-refractivity contribution in [3.8, 4) is 0 Å².